The molecule has 3 aromatic carbocycles. The Kier molecular flexibility index (Phi) is 7.59. The van der Waals surface area contributed by atoms with Crippen molar-refractivity contribution in [2.45, 2.75) is 52.9 Å². The number of ether oxygens (including phenoxy) is 2. The van der Waals surface area contributed by atoms with Gasteiger partial charge in [-0.2, -0.15) is 0 Å². The van der Waals surface area contributed by atoms with Crippen LogP contribution in [0.1, 0.15) is 59.2 Å². The minimum atomic E-state index is -0.423. The molecule has 3 N–H and O–H groups in total. The molecule has 202 valence electrons. The minimum absolute atomic E-state index is 0.188. The van der Waals surface area contributed by atoms with Gasteiger partial charge in [0, 0.05) is 11.4 Å². The lowest BCUT2D eigenvalue weighted by Crippen LogP contribution is -2.29. The average Bonchev–Trinajstić information content (AvgIpc) is 3.39. The number of hydrogen-bond acceptors (Lipinski definition) is 4. The molecule has 0 unspecified atom stereocenters. The Labute approximate surface area is 229 Å². The van der Waals surface area contributed by atoms with E-state index in [2.05, 4.69) is 22.5 Å². The van der Waals surface area contributed by atoms with Gasteiger partial charge >= 0.3 is 6.03 Å². The number of benzene rings is 3. The van der Waals surface area contributed by atoms with Crippen LogP contribution in [0.3, 0.4) is 0 Å². The highest BCUT2D eigenvalue weighted by atomic mass is 16.7. The van der Waals surface area contributed by atoms with Gasteiger partial charge in [-0.3, -0.25) is 4.79 Å². The van der Waals surface area contributed by atoms with Gasteiger partial charge < -0.3 is 25.4 Å². The monoisotopic (exact) mass is 525 g/mol. The second kappa shape index (κ2) is 11.2. The number of anilines is 2. The molecule has 1 aliphatic carbocycles. The molecule has 1 aliphatic heterocycles. The number of urea groups is 1. The number of nitrogens with one attached hydrogen (secondary N) is 3. The summed E-state index contributed by atoms with van der Waals surface area (Å²) in [6.45, 7) is 10.3. The zero-order valence-corrected chi connectivity index (χ0v) is 22.8. The molecule has 0 aromatic heterocycles. The highest BCUT2D eigenvalue weighted by Gasteiger charge is 2.22. The molecule has 3 aromatic rings. The van der Waals surface area contributed by atoms with E-state index in [1.54, 1.807) is 6.07 Å². The molecule has 1 saturated carbocycles. The van der Waals surface area contributed by atoms with E-state index in [4.69, 9.17) is 9.47 Å². The maximum absolute atomic E-state index is 13.4. The molecule has 5 rings (SSSR count). The summed E-state index contributed by atoms with van der Waals surface area (Å²) in [4.78, 5) is 26.6. The lowest BCUT2D eigenvalue weighted by molar-refractivity contribution is 0.0961. The van der Waals surface area contributed by atoms with E-state index in [9.17, 15) is 9.59 Å². The summed E-state index contributed by atoms with van der Waals surface area (Å²) in [5, 5.41) is 8.90. The van der Waals surface area contributed by atoms with Gasteiger partial charge in [-0.25, -0.2) is 4.79 Å². The van der Waals surface area contributed by atoms with Gasteiger partial charge in [-0.15, -0.1) is 0 Å². The third-order valence-electron chi connectivity index (χ3n) is 7.51. The summed E-state index contributed by atoms with van der Waals surface area (Å²) in [6.07, 6.45) is 5.58. The summed E-state index contributed by atoms with van der Waals surface area (Å²) in [5.74, 6) is 1.34. The SMILES string of the molecule is C=C(NC(=O)c1ccc(-c2ccc3c(c2)OCO3)cc1NC(=O)Nc1c(C)cc(C)cc1C)C1CCCCC1. The Balaban J connectivity index is 1.43. The Morgan fingerprint density at radius 1 is 0.821 bits per heavy atom. The molecule has 39 heavy (non-hydrogen) atoms. The standard InChI is InChI=1S/C32H35N3O4/c1-19-14-20(2)30(21(3)15-19)35-32(37)34-27-16-24(25-11-13-28-29(17-25)39-18-38-28)10-12-26(27)31(36)33-22(4)23-8-6-5-7-9-23/h10-17,23H,4-9,18H2,1-3H3,(H,33,36)(H2,34,35,37). The van der Waals surface area contributed by atoms with Gasteiger partial charge in [-0.1, -0.05) is 55.7 Å². The molecule has 7 heteroatoms. The fourth-order valence-corrected chi connectivity index (χ4v) is 5.51. The first kappa shape index (κ1) is 26.4. The van der Waals surface area contributed by atoms with Crippen LogP contribution in [0.2, 0.25) is 0 Å². The molecule has 1 heterocycles. The van der Waals surface area contributed by atoms with E-state index in [0.717, 1.165) is 64.9 Å². The van der Waals surface area contributed by atoms with Gasteiger partial charge in [-0.05, 0) is 86.1 Å². The van der Waals surface area contributed by atoms with Crippen LogP contribution in [0.15, 0.2) is 60.8 Å². The summed E-state index contributed by atoms with van der Waals surface area (Å²) in [6, 6.07) is 14.7. The van der Waals surface area contributed by atoms with E-state index in [1.165, 1.54) is 6.42 Å². The average molecular weight is 526 g/mol. The molecule has 0 saturated heterocycles. The molecule has 3 amide bonds. The molecule has 0 radical (unpaired) electrons. The summed E-state index contributed by atoms with van der Waals surface area (Å²) in [5.41, 5.74) is 7.03. The maximum Gasteiger partial charge on any atom is 0.323 e. The lowest BCUT2D eigenvalue weighted by Gasteiger charge is -2.24. The predicted molar refractivity (Wildman–Crippen MR) is 154 cm³/mol. The molecule has 0 bridgehead atoms. The van der Waals surface area contributed by atoms with Crippen LogP contribution >= 0.6 is 0 Å². The molecule has 2 aliphatic rings. The van der Waals surface area contributed by atoms with Crippen molar-refractivity contribution in [1.29, 1.82) is 0 Å². The predicted octanol–water partition coefficient (Wildman–Crippen LogP) is 7.48. The van der Waals surface area contributed by atoms with Crippen LogP contribution in [-0.4, -0.2) is 18.7 Å². The van der Waals surface area contributed by atoms with Crippen molar-refractivity contribution in [2.75, 3.05) is 17.4 Å². The van der Waals surface area contributed by atoms with Crippen LogP contribution in [0.5, 0.6) is 11.5 Å². The number of rotatable bonds is 6. The zero-order valence-electron chi connectivity index (χ0n) is 22.8. The zero-order chi connectivity index (χ0) is 27.5. The first-order valence-corrected chi connectivity index (χ1v) is 13.5. The summed E-state index contributed by atoms with van der Waals surface area (Å²) < 4.78 is 11.0. The van der Waals surface area contributed by atoms with Crippen molar-refractivity contribution in [2.24, 2.45) is 5.92 Å². The number of aryl methyl sites for hydroxylation is 3. The summed E-state index contributed by atoms with van der Waals surface area (Å²) in [7, 11) is 0. The molecular formula is C32H35N3O4. The Morgan fingerprint density at radius 3 is 2.23 bits per heavy atom. The first-order valence-electron chi connectivity index (χ1n) is 13.5. The van der Waals surface area contributed by atoms with Gasteiger partial charge in [0.05, 0.1) is 11.3 Å². The van der Waals surface area contributed by atoms with Gasteiger partial charge in [0.2, 0.25) is 6.79 Å². The largest absolute Gasteiger partial charge is 0.454 e. The van der Waals surface area contributed by atoms with Crippen LogP contribution < -0.4 is 25.4 Å². The van der Waals surface area contributed by atoms with E-state index in [0.29, 0.717) is 22.7 Å². The van der Waals surface area contributed by atoms with Crippen molar-refractivity contribution in [3.8, 4) is 22.6 Å². The summed E-state index contributed by atoms with van der Waals surface area (Å²) >= 11 is 0. The van der Waals surface area contributed by atoms with Crippen LogP contribution in [0.4, 0.5) is 16.2 Å². The fraction of sp³-hybridized carbons (Fsp3) is 0.312. The van der Waals surface area contributed by atoms with Crippen molar-refractivity contribution < 1.29 is 19.1 Å². The van der Waals surface area contributed by atoms with E-state index < -0.39 is 6.03 Å². The van der Waals surface area contributed by atoms with Crippen molar-refractivity contribution in [1.82, 2.24) is 5.32 Å². The van der Waals surface area contributed by atoms with Crippen molar-refractivity contribution in [3.05, 3.63) is 83.1 Å². The maximum atomic E-state index is 13.4. The number of carbonyl (C=O) groups is 2. The highest BCUT2D eigenvalue weighted by molar-refractivity contribution is 6.08. The molecular weight excluding hydrogens is 490 g/mol. The molecule has 1 fully saturated rings. The normalized spacial score (nSPS) is 14.5. The number of amides is 3. The van der Waals surface area contributed by atoms with Crippen molar-refractivity contribution >= 4 is 23.3 Å². The Morgan fingerprint density at radius 2 is 1.49 bits per heavy atom. The topological polar surface area (TPSA) is 88.7 Å². The second-order valence-electron chi connectivity index (χ2n) is 10.5. The van der Waals surface area contributed by atoms with Gasteiger partial charge in [0.15, 0.2) is 11.5 Å². The second-order valence-corrected chi connectivity index (χ2v) is 10.5. The number of carbonyl (C=O) groups excluding carboxylic acids is 2. The fourth-order valence-electron chi connectivity index (χ4n) is 5.51. The smallest absolute Gasteiger partial charge is 0.323 e. The minimum Gasteiger partial charge on any atom is -0.454 e. The van der Waals surface area contributed by atoms with E-state index in [-0.39, 0.29) is 18.6 Å². The van der Waals surface area contributed by atoms with Gasteiger partial charge in [0.1, 0.15) is 0 Å². The quantitative estimate of drug-likeness (QED) is 0.311. The third-order valence-corrected chi connectivity index (χ3v) is 7.51. The van der Waals surface area contributed by atoms with Crippen LogP contribution in [0, 0.1) is 26.7 Å². The lowest BCUT2D eigenvalue weighted by atomic mass is 9.87. The first-order chi connectivity index (χ1) is 18.8. The Bertz CT molecular complexity index is 1420. The number of fused-ring (bicyclic) bond motifs is 1. The van der Waals surface area contributed by atoms with Crippen LogP contribution in [0.25, 0.3) is 11.1 Å². The van der Waals surface area contributed by atoms with Crippen molar-refractivity contribution in [3.63, 3.8) is 0 Å². The Hall–Kier alpha value is -4.26. The highest BCUT2D eigenvalue weighted by Crippen LogP contribution is 2.37. The van der Waals surface area contributed by atoms with Crippen LogP contribution in [-0.2, 0) is 0 Å². The number of allylic oxidation sites excluding steroid dienone is 1. The molecule has 0 atom stereocenters. The van der Waals surface area contributed by atoms with E-state index >= 15 is 0 Å². The molecule has 7 nitrogen and oxygen atoms in total. The van der Waals surface area contributed by atoms with Gasteiger partial charge in [0.25, 0.3) is 5.91 Å². The number of hydrogen-bond donors (Lipinski definition) is 3. The van der Waals surface area contributed by atoms with E-state index in [1.807, 2.05) is 63.2 Å². The third kappa shape index (κ3) is 5.93. The molecule has 0 spiro atoms.